The fraction of sp³-hybridized carbons (Fsp3) is 0.828. The van der Waals surface area contributed by atoms with E-state index < -0.39 is 0 Å². The van der Waals surface area contributed by atoms with Crippen LogP contribution in [0.15, 0.2) is 24.4 Å². The molecule has 0 amide bonds. The molecule has 2 heterocycles. The van der Waals surface area contributed by atoms with E-state index in [2.05, 4.69) is 17.4 Å². The molecule has 248 valence electrons. The van der Waals surface area contributed by atoms with Crippen molar-refractivity contribution in [1.29, 1.82) is 0 Å². The molecule has 2 rings (SSSR count). The van der Waals surface area contributed by atoms with Crippen LogP contribution in [0.3, 0.4) is 0 Å². The summed E-state index contributed by atoms with van der Waals surface area (Å²) in [6.07, 6.45) is 10.8. The Hall–Kier alpha value is 0.0466. The standard InChI is InChI=1S/C5H10N.C5H6N.6C3H8O.CHO.2W/c2*1-2-4-6-5-3-1;6*1-3(2)4;1-2;;/h1-5H2;1-4H,5H2;6*3-4H,1-2H3;1H;;/q2*-1;;;;;;;-1;;. The van der Waals surface area contributed by atoms with Gasteiger partial charge < -0.3 is 46.1 Å². The van der Waals surface area contributed by atoms with Crippen LogP contribution in [0.5, 0.6) is 0 Å². The van der Waals surface area contributed by atoms with Gasteiger partial charge in [-0.1, -0.05) is 31.4 Å². The maximum atomic E-state index is 8.06. The van der Waals surface area contributed by atoms with Crippen molar-refractivity contribution < 1.29 is 67.9 Å². The topological polar surface area (TPSA) is 167 Å². The summed E-state index contributed by atoms with van der Waals surface area (Å²) in [5.74, 6) is 0. The van der Waals surface area contributed by atoms with Crippen molar-refractivity contribution in [3.8, 4) is 0 Å². The molecule has 2 aliphatic heterocycles. The van der Waals surface area contributed by atoms with Gasteiger partial charge in [-0.2, -0.15) is 6.20 Å². The summed E-state index contributed by atoms with van der Waals surface area (Å²) in [6.45, 7) is 27.0. The van der Waals surface area contributed by atoms with E-state index in [4.69, 9.17) is 35.4 Å². The maximum absolute atomic E-state index is 8.06. The first-order valence-corrected chi connectivity index (χ1v) is 24.5. The van der Waals surface area contributed by atoms with E-state index in [9.17, 15) is 0 Å². The van der Waals surface area contributed by atoms with E-state index in [0.29, 0.717) is 0 Å². The van der Waals surface area contributed by atoms with Gasteiger partial charge in [0.05, 0.1) is 0 Å². The summed E-state index contributed by atoms with van der Waals surface area (Å²) in [5, 5.41) is 56.4. The Bertz CT molecular complexity index is 335. The van der Waals surface area contributed by atoms with Gasteiger partial charge in [-0.3, -0.25) is 6.79 Å². The van der Waals surface area contributed by atoms with Gasteiger partial charge in [0.25, 0.3) is 0 Å². The molecule has 0 saturated carbocycles. The van der Waals surface area contributed by atoms with Crippen LogP contribution in [-0.4, -0.2) is 93.7 Å². The second-order valence-corrected chi connectivity index (χ2v) is 9.43. The van der Waals surface area contributed by atoms with E-state index in [1.807, 2.05) is 18.2 Å². The van der Waals surface area contributed by atoms with Gasteiger partial charge in [-0.15, -0.1) is 25.7 Å². The summed E-state index contributed by atoms with van der Waals surface area (Å²) in [6, 6.07) is 0. The van der Waals surface area contributed by atoms with Crippen LogP contribution < -0.4 is 0 Å². The first-order chi connectivity index (χ1) is 18.4. The van der Waals surface area contributed by atoms with Crippen LogP contribution in [0, 0.1) is 0 Å². The van der Waals surface area contributed by atoms with Crippen LogP contribution in [0.25, 0.3) is 10.6 Å². The molecule has 9 nitrogen and oxygen atoms in total. The predicted molar refractivity (Wildman–Crippen MR) is 164 cm³/mol. The van der Waals surface area contributed by atoms with Crippen molar-refractivity contribution in [1.82, 2.24) is 0 Å². The van der Waals surface area contributed by atoms with Gasteiger partial charge in [-0.05, 0) is 83.1 Å². The zero-order chi connectivity index (χ0) is 33.9. The summed E-state index contributed by atoms with van der Waals surface area (Å²) < 4.78 is 0. The second kappa shape index (κ2) is 62.6. The first-order valence-electron chi connectivity index (χ1n) is 13.5. The minimum absolute atomic E-state index is 0.167. The van der Waals surface area contributed by atoms with Crippen LogP contribution in [0.2, 0.25) is 0 Å². The number of aliphatic hydroxyl groups is 6. The number of carbonyl (C=O) groups excluding carboxylic acids is 1. The Morgan fingerprint density at radius 1 is 0.550 bits per heavy atom. The average molecular weight is 922 g/mol. The van der Waals surface area contributed by atoms with Crippen molar-refractivity contribution >= 4 is 6.79 Å². The first kappa shape index (κ1) is 59.5. The number of hydrogen-bond acceptors (Lipinski definition) is 7. The Kier molecular flexibility index (Phi) is 93.1. The average Bonchev–Trinajstić information content (AvgIpc) is 2.82. The zero-order valence-corrected chi connectivity index (χ0v) is 33.3. The molecule has 11 heteroatoms. The van der Waals surface area contributed by atoms with Gasteiger partial charge in [0.15, 0.2) is 0 Å². The fourth-order valence-electron chi connectivity index (χ4n) is 1.11. The van der Waals surface area contributed by atoms with Crippen molar-refractivity contribution in [2.24, 2.45) is 0 Å². The van der Waals surface area contributed by atoms with Crippen LogP contribution in [0.1, 0.15) is 102 Å². The Morgan fingerprint density at radius 2 is 0.800 bits per heavy atom. The summed E-state index contributed by atoms with van der Waals surface area (Å²) in [5.41, 5.74) is 0. The quantitative estimate of drug-likeness (QED) is 0.147. The monoisotopic (exact) mass is 921 g/mol. The summed E-state index contributed by atoms with van der Waals surface area (Å²) in [4.78, 5) is 7.75. The second-order valence-electron chi connectivity index (χ2n) is 9.43. The molecule has 0 atom stereocenters. The van der Waals surface area contributed by atoms with E-state index in [-0.39, 0.29) is 36.6 Å². The van der Waals surface area contributed by atoms with E-state index in [0.717, 1.165) is 19.6 Å². The molecule has 0 aliphatic carbocycles. The Morgan fingerprint density at radius 3 is 0.850 bits per heavy atom. The van der Waals surface area contributed by atoms with Gasteiger partial charge in [-0.25, -0.2) is 0 Å². The van der Waals surface area contributed by atoms with E-state index >= 15 is 0 Å². The van der Waals surface area contributed by atoms with Crippen LogP contribution in [0.4, 0.5) is 0 Å². The molecule has 0 aromatic carbocycles. The van der Waals surface area contributed by atoms with E-state index in [1.54, 1.807) is 122 Å². The third-order valence-corrected chi connectivity index (χ3v) is 1.78. The third kappa shape index (κ3) is 360. The number of allylic oxidation sites excluding steroid dienone is 2. The Balaban J connectivity index is -0.0000000483. The fourth-order valence-corrected chi connectivity index (χ4v) is 1.11. The normalized spacial score (nSPS) is 11.8. The molecule has 0 aromatic heterocycles. The van der Waals surface area contributed by atoms with Crippen molar-refractivity contribution in [3.63, 3.8) is 0 Å². The SMILES string of the molecule is C1=CC[N-]C=C1.C1CC[N-]CC1.CC(C)O.CC(C)O.CC(C)O.CC(C)O.CC(C)O.CC(C)O.[CH-]=O.[W]=[W]. The molecule has 0 bridgehead atoms. The summed E-state index contributed by atoms with van der Waals surface area (Å²) in [7, 11) is 0. The molecule has 0 spiro atoms. The molecule has 6 N–H and O–H groups in total. The number of hydrogen-bond donors (Lipinski definition) is 6. The number of rotatable bonds is 0. The van der Waals surface area contributed by atoms with Gasteiger partial charge in [0.1, 0.15) is 0 Å². The molecule has 2 aliphatic rings. The van der Waals surface area contributed by atoms with Crippen LogP contribution >= 0.6 is 0 Å². The Labute approximate surface area is 267 Å². The third-order valence-electron chi connectivity index (χ3n) is 1.78. The predicted octanol–water partition coefficient (Wildman–Crippen LogP) is 5.03. The number of piperidine rings is 1. The zero-order valence-electron chi connectivity index (χ0n) is 27.4. The number of aliphatic hydroxyl groups excluding tert-OH is 6. The number of nitrogens with zero attached hydrogens (tertiary/aromatic N) is 2. The van der Waals surface area contributed by atoms with E-state index in [1.165, 1.54) is 19.3 Å². The van der Waals surface area contributed by atoms with Crippen molar-refractivity contribution in [2.75, 3.05) is 19.6 Å². The molecule has 0 radical (unpaired) electrons. The van der Waals surface area contributed by atoms with Crippen molar-refractivity contribution in [2.45, 2.75) is 139 Å². The molecule has 0 unspecified atom stereocenters. The molecule has 0 aromatic rings. The van der Waals surface area contributed by atoms with Gasteiger partial charge in [0.2, 0.25) is 0 Å². The van der Waals surface area contributed by atoms with Gasteiger partial charge >= 0.3 is 32.4 Å². The van der Waals surface area contributed by atoms with Crippen LogP contribution in [-0.2, 0) is 37.2 Å². The minimum atomic E-state index is -0.167. The molecular weight excluding hydrogens is 856 g/mol. The summed E-state index contributed by atoms with van der Waals surface area (Å²) >= 11 is 3.33. The molecule has 1 fully saturated rings. The van der Waals surface area contributed by atoms with Gasteiger partial charge in [0, 0.05) is 36.6 Å². The molecule has 1 saturated heterocycles. The van der Waals surface area contributed by atoms with Crippen molar-refractivity contribution in [3.05, 3.63) is 35.1 Å². The molecular formula is C29H65N2O7W2-3. The molecule has 40 heavy (non-hydrogen) atoms.